The van der Waals surface area contributed by atoms with Gasteiger partial charge in [-0.1, -0.05) is 23.9 Å². The van der Waals surface area contributed by atoms with Crippen molar-refractivity contribution in [3.63, 3.8) is 0 Å². The number of carbonyl (C=O) groups excluding carboxylic acids is 2. The van der Waals surface area contributed by atoms with Gasteiger partial charge in [0.15, 0.2) is 4.75 Å². The number of hydrogen-bond acceptors (Lipinski definition) is 4. The Labute approximate surface area is 151 Å². The number of nitrogens with one attached hydrogen (secondary N) is 1. The molecule has 3 rings (SSSR count). The normalized spacial score (nSPS) is 19.7. The summed E-state index contributed by atoms with van der Waals surface area (Å²) < 4.78 is 0.496. The van der Waals surface area contributed by atoms with Gasteiger partial charge in [0.25, 0.3) is 5.91 Å². The summed E-state index contributed by atoms with van der Waals surface area (Å²) in [7, 11) is 1.83. The van der Waals surface area contributed by atoms with Crippen LogP contribution in [0.1, 0.15) is 25.2 Å². The van der Waals surface area contributed by atoms with Crippen LogP contribution in [0.5, 0.6) is 0 Å². The highest BCUT2D eigenvalue weighted by atomic mass is 32.2. The fraction of sp³-hybridized carbons (Fsp3) is 0.389. The maximum absolute atomic E-state index is 13.1. The second-order valence-corrected chi connectivity index (χ2v) is 7.74. The highest BCUT2D eigenvalue weighted by molar-refractivity contribution is 8.02. The topological polar surface area (TPSA) is 67.2 Å². The standard InChI is InChI=1S/C18H22N4O2S/c1-6-22-13-9-7-8-10-14(13)25-18(4,17(22)24)16(23)19-15-11(2)20-21(5)12(15)3/h7-10H,6H2,1-5H3,(H,19,23). The van der Waals surface area contributed by atoms with Crippen LogP contribution >= 0.6 is 11.8 Å². The Hall–Kier alpha value is -2.28. The molecule has 0 aliphatic carbocycles. The van der Waals surface area contributed by atoms with E-state index in [1.165, 1.54) is 11.8 Å². The predicted molar refractivity (Wildman–Crippen MR) is 100 cm³/mol. The lowest BCUT2D eigenvalue weighted by Crippen LogP contribution is -2.54. The van der Waals surface area contributed by atoms with E-state index in [2.05, 4.69) is 10.4 Å². The molecule has 0 fully saturated rings. The third-order valence-electron chi connectivity index (χ3n) is 4.62. The fourth-order valence-electron chi connectivity index (χ4n) is 3.04. The monoisotopic (exact) mass is 358 g/mol. The molecule has 1 unspecified atom stereocenters. The molecule has 6 nitrogen and oxygen atoms in total. The zero-order chi connectivity index (χ0) is 18.4. The molecule has 7 heteroatoms. The molecular weight excluding hydrogens is 336 g/mol. The molecule has 0 spiro atoms. The number of amides is 2. The van der Waals surface area contributed by atoms with Crippen molar-refractivity contribution in [3.8, 4) is 0 Å². The van der Waals surface area contributed by atoms with E-state index in [4.69, 9.17) is 0 Å². The van der Waals surface area contributed by atoms with Crippen molar-refractivity contribution in [1.29, 1.82) is 0 Å². The van der Waals surface area contributed by atoms with Gasteiger partial charge in [-0.25, -0.2) is 0 Å². The summed E-state index contributed by atoms with van der Waals surface area (Å²) in [5, 5.41) is 7.24. The van der Waals surface area contributed by atoms with Crippen LogP contribution in [-0.4, -0.2) is 32.9 Å². The van der Waals surface area contributed by atoms with E-state index in [9.17, 15) is 9.59 Å². The zero-order valence-corrected chi connectivity index (χ0v) is 15.9. The molecular formula is C18H22N4O2S. The van der Waals surface area contributed by atoms with E-state index in [0.717, 1.165) is 22.0 Å². The summed E-state index contributed by atoms with van der Waals surface area (Å²) in [5.41, 5.74) is 3.12. The van der Waals surface area contributed by atoms with Crippen LogP contribution in [-0.2, 0) is 16.6 Å². The van der Waals surface area contributed by atoms with Crippen LogP contribution in [0.3, 0.4) is 0 Å². The van der Waals surface area contributed by atoms with Crippen molar-refractivity contribution >= 4 is 35.0 Å². The summed E-state index contributed by atoms with van der Waals surface area (Å²) in [6, 6.07) is 7.68. The smallest absolute Gasteiger partial charge is 0.252 e. The van der Waals surface area contributed by atoms with E-state index in [1.807, 2.05) is 52.1 Å². The Bertz CT molecular complexity index is 861. The van der Waals surface area contributed by atoms with Crippen molar-refractivity contribution in [3.05, 3.63) is 35.7 Å². The number of fused-ring (bicyclic) bond motifs is 1. The molecule has 132 valence electrons. The first kappa shape index (κ1) is 17.5. The third kappa shape index (κ3) is 2.72. The Kier molecular flexibility index (Phi) is 4.36. The molecule has 0 saturated carbocycles. The van der Waals surface area contributed by atoms with Crippen LogP contribution in [0.2, 0.25) is 0 Å². The first-order chi connectivity index (χ1) is 11.8. The molecule has 1 aliphatic heterocycles. The minimum absolute atomic E-state index is 0.199. The lowest BCUT2D eigenvalue weighted by Gasteiger charge is -2.38. The van der Waals surface area contributed by atoms with E-state index < -0.39 is 4.75 Å². The van der Waals surface area contributed by atoms with Crippen LogP contribution in [0.4, 0.5) is 11.4 Å². The average Bonchev–Trinajstić information content (AvgIpc) is 2.82. The molecule has 1 atom stereocenters. The number of carbonyl (C=O) groups is 2. The largest absolute Gasteiger partial charge is 0.321 e. The van der Waals surface area contributed by atoms with Crippen molar-refractivity contribution in [2.24, 2.45) is 7.05 Å². The van der Waals surface area contributed by atoms with Gasteiger partial charge in [0.2, 0.25) is 5.91 Å². The second kappa shape index (κ2) is 6.22. The van der Waals surface area contributed by atoms with Gasteiger partial charge >= 0.3 is 0 Å². The van der Waals surface area contributed by atoms with Gasteiger partial charge in [-0.05, 0) is 39.8 Å². The van der Waals surface area contributed by atoms with Gasteiger partial charge in [-0.15, -0.1) is 0 Å². The van der Waals surface area contributed by atoms with Gasteiger partial charge in [-0.3, -0.25) is 14.3 Å². The summed E-state index contributed by atoms with van der Waals surface area (Å²) in [4.78, 5) is 28.7. The highest BCUT2D eigenvalue weighted by Crippen LogP contribution is 2.45. The number of aromatic nitrogens is 2. The molecule has 2 aromatic rings. The summed E-state index contributed by atoms with van der Waals surface area (Å²) in [5.74, 6) is -0.523. The van der Waals surface area contributed by atoms with Gasteiger partial charge in [-0.2, -0.15) is 5.10 Å². The number of nitrogens with zero attached hydrogens (tertiary/aromatic N) is 3. The quantitative estimate of drug-likeness (QED) is 0.857. The Morgan fingerprint density at radius 1 is 1.32 bits per heavy atom. The number of benzene rings is 1. The molecule has 2 amide bonds. The maximum atomic E-state index is 13.1. The fourth-order valence-corrected chi connectivity index (χ4v) is 4.25. The summed E-state index contributed by atoms with van der Waals surface area (Å²) >= 11 is 1.30. The van der Waals surface area contributed by atoms with Crippen LogP contribution in [0, 0.1) is 13.8 Å². The number of anilines is 2. The van der Waals surface area contributed by atoms with Crippen LogP contribution in [0.15, 0.2) is 29.2 Å². The average molecular weight is 358 g/mol. The zero-order valence-electron chi connectivity index (χ0n) is 15.1. The number of aryl methyl sites for hydroxylation is 2. The first-order valence-electron chi connectivity index (χ1n) is 8.21. The van der Waals surface area contributed by atoms with E-state index in [0.29, 0.717) is 12.2 Å². The minimum Gasteiger partial charge on any atom is -0.321 e. The highest BCUT2D eigenvalue weighted by Gasteiger charge is 2.49. The Morgan fingerprint density at radius 3 is 2.60 bits per heavy atom. The van der Waals surface area contributed by atoms with Gasteiger partial charge in [0.05, 0.1) is 22.8 Å². The van der Waals surface area contributed by atoms with Gasteiger partial charge in [0.1, 0.15) is 0 Å². The van der Waals surface area contributed by atoms with Crippen LogP contribution in [0.25, 0.3) is 0 Å². The van der Waals surface area contributed by atoms with Crippen molar-refractivity contribution < 1.29 is 9.59 Å². The summed E-state index contributed by atoms with van der Waals surface area (Å²) in [6.07, 6.45) is 0. The molecule has 0 saturated heterocycles. The predicted octanol–water partition coefficient (Wildman–Crippen LogP) is 2.89. The van der Waals surface area contributed by atoms with Crippen molar-refractivity contribution in [1.82, 2.24) is 9.78 Å². The summed E-state index contributed by atoms with van der Waals surface area (Å²) in [6.45, 7) is 7.85. The molecule has 1 aromatic heterocycles. The van der Waals surface area contributed by atoms with E-state index in [1.54, 1.807) is 16.5 Å². The number of thioether (sulfide) groups is 1. The SMILES string of the molecule is CCN1C(=O)C(C)(C(=O)Nc2c(C)nn(C)c2C)Sc2ccccc21. The van der Waals surface area contributed by atoms with Gasteiger partial charge in [0, 0.05) is 18.5 Å². The van der Waals surface area contributed by atoms with E-state index in [-0.39, 0.29) is 11.8 Å². The molecule has 2 heterocycles. The van der Waals surface area contributed by atoms with Crippen molar-refractivity contribution in [2.45, 2.75) is 37.3 Å². The number of hydrogen-bond donors (Lipinski definition) is 1. The van der Waals surface area contributed by atoms with Gasteiger partial charge < -0.3 is 10.2 Å². The first-order valence-corrected chi connectivity index (χ1v) is 9.03. The lowest BCUT2D eigenvalue weighted by atomic mass is 10.1. The second-order valence-electron chi connectivity index (χ2n) is 6.28. The molecule has 1 N–H and O–H groups in total. The van der Waals surface area contributed by atoms with Crippen molar-refractivity contribution in [2.75, 3.05) is 16.8 Å². The van der Waals surface area contributed by atoms with E-state index >= 15 is 0 Å². The van der Waals surface area contributed by atoms with Crippen LogP contribution < -0.4 is 10.2 Å². The molecule has 25 heavy (non-hydrogen) atoms. The molecule has 0 bridgehead atoms. The third-order valence-corrected chi connectivity index (χ3v) is 5.95. The molecule has 1 aromatic carbocycles. The minimum atomic E-state index is -1.22. The Balaban J connectivity index is 1.98. The number of para-hydroxylation sites is 1. The number of rotatable bonds is 3. The Morgan fingerprint density at radius 2 is 2.00 bits per heavy atom. The molecule has 0 radical (unpaired) electrons. The maximum Gasteiger partial charge on any atom is 0.252 e. The lowest BCUT2D eigenvalue weighted by molar-refractivity contribution is -0.128. The molecule has 1 aliphatic rings.